The molecule has 0 saturated heterocycles. The van der Waals surface area contributed by atoms with Gasteiger partial charge in [-0.2, -0.15) is 4.98 Å². The molecule has 0 fully saturated rings. The zero-order valence-corrected chi connectivity index (χ0v) is 9.35. The largest absolute Gasteiger partial charge is 0.497 e. The van der Waals surface area contributed by atoms with Crippen LogP contribution in [0.2, 0.25) is 0 Å². The lowest BCUT2D eigenvalue weighted by Gasteiger charge is -2.06. The zero-order chi connectivity index (χ0) is 11.5. The summed E-state index contributed by atoms with van der Waals surface area (Å²) in [6.07, 6.45) is 0. The Morgan fingerprint density at radius 2 is 2.00 bits per heavy atom. The Bertz CT molecular complexity index is 494. The number of aromatic nitrogens is 2. The van der Waals surface area contributed by atoms with Gasteiger partial charge in [-0.3, -0.25) is 0 Å². The third-order valence-corrected chi connectivity index (χ3v) is 2.18. The standard InChI is InChI=1S/C11H12N2O3/c1-7-12-11(13-16-7)9-6-8(14-2)4-5-10(9)15-3/h4-6H,1-3H3. The third kappa shape index (κ3) is 1.84. The van der Waals surface area contributed by atoms with Crippen molar-refractivity contribution in [3.05, 3.63) is 24.1 Å². The van der Waals surface area contributed by atoms with Gasteiger partial charge in [-0.05, 0) is 18.2 Å². The maximum Gasteiger partial charge on any atom is 0.223 e. The highest BCUT2D eigenvalue weighted by atomic mass is 16.5. The molecule has 1 aromatic heterocycles. The zero-order valence-electron chi connectivity index (χ0n) is 9.35. The Balaban J connectivity index is 2.52. The number of methoxy groups -OCH3 is 2. The summed E-state index contributed by atoms with van der Waals surface area (Å²) in [7, 11) is 3.20. The second-order valence-corrected chi connectivity index (χ2v) is 3.20. The first-order valence-electron chi connectivity index (χ1n) is 4.77. The van der Waals surface area contributed by atoms with E-state index in [1.807, 2.05) is 12.1 Å². The molecule has 0 N–H and O–H groups in total. The molecule has 5 heteroatoms. The Kier molecular flexibility index (Phi) is 2.76. The molecule has 0 unspecified atom stereocenters. The third-order valence-electron chi connectivity index (χ3n) is 2.18. The van der Waals surface area contributed by atoms with E-state index in [9.17, 15) is 0 Å². The summed E-state index contributed by atoms with van der Waals surface area (Å²) in [5, 5.41) is 3.85. The molecule has 0 bridgehead atoms. The van der Waals surface area contributed by atoms with Crippen LogP contribution in [-0.4, -0.2) is 24.4 Å². The fourth-order valence-electron chi connectivity index (χ4n) is 1.40. The van der Waals surface area contributed by atoms with Crippen molar-refractivity contribution in [3.63, 3.8) is 0 Å². The van der Waals surface area contributed by atoms with Crippen molar-refractivity contribution in [3.8, 4) is 22.9 Å². The monoisotopic (exact) mass is 220 g/mol. The minimum absolute atomic E-state index is 0.494. The van der Waals surface area contributed by atoms with E-state index in [-0.39, 0.29) is 0 Å². The molecule has 16 heavy (non-hydrogen) atoms. The SMILES string of the molecule is COc1ccc(OC)c(-c2noc(C)n2)c1. The van der Waals surface area contributed by atoms with Crippen LogP contribution in [0.1, 0.15) is 5.89 Å². The molecule has 0 saturated carbocycles. The summed E-state index contributed by atoms with van der Waals surface area (Å²) in [4.78, 5) is 4.15. The van der Waals surface area contributed by atoms with Gasteiger partial charge < -0.3 is 14.0 Å². The molecule has 0 spiro atoms. The Morgan fingerprint density at radius 3 is 2.56 bits per heavy atom. The van der Waals surface area contributed by atoms with Crippen molar-refractivity contribution in [1.82, 2.24) is 10.1 Å². The summed E-state index contributed by atoms with van der Waals surface area (Å²) < 4.78 is 15.3. The number of rotatable bonds is 3. The van der Waals surface area contributed by atoms with Gasteiger partial charge in [-0.25, -0.2) is 0 Å². The number of ether oxygens (including phenoxy) is 2. The first-order chi connectivity index (χ1) is 7.74. The van der Waals surface area contributed by atoms with Gasteiger partial charge in [-0.15, -0.1) is 0 Å². The molecule has 0 aliphatic rings. The molecular formula is C11H12N2O3. The topological polar surface area (TPSA) is 57.4 Å². The van der Waals surface area contributed by atoms with Gasteiger partial charge in [0.15, 0.2) is 0 Å². The Morgan fingerprint density at radius 1 is 1.19 bits per heavy atom. The normalized spacial score (nSPS) is 10.2. The van der Waals surface area contributed by atoms with E-state index >= 15 is 0 Å². The predicted octanol–water partition coefficient (Wildman–Crippen LogP) is 2.06. The maximum atomic E-state index is 5.23. The highest BCUT2D eigenvalue weighted by Crippen LogP contribution is 2.31. The fourth-order valence-corrected chi connectivity index (χ4v) is 1.40. The van der Waals surface area contributed by atoms with Crippen LogP contribution in [-0.2, 0) is 0 Å². The molecule has 1 aromatic carbocycles. The van der Waals surface area contributed by atoms with Crippen LogP contribution in [0.5, 0.6) is 11.5 Å². The second kappa shape index (κ2) is 4.22. The molecule has 84 valence electrons. The van der Waals surface area contributed by atoms with Crippen LogP contribution in [0.4, 0.5) is 0 Å². The molecule has 2 rings (SSSR count). The summed E-state index contributed by atoms with van der Waals surface area (Å²) in [6.45, 7) is 1.74. The quantitative estimate of drug-likeness (QED) is 0.792. The average Bonchev–Trinajstić information content (AvgIpc) is 2.75. The van der Waals surface area contributed by atoms with Gasteiger partial charge in [0.05, 0.1) is 19.8 Å². The van der Waals surface area contributed by atoms with Crippen molar-refractivity contribution >= 4 is 0 Å². The lowest BCUT2D eigenvalue weighted by Crippen LogP contribution is -1.91. The summed E-state index contributed by atoms with van der Waals surface area (Å²) in [6, 6.07) is 5.43. The van der Waals surface area contributed by atoms with E-state index in [1.165, 1.54) is 0 Å². The van der Waals surface area contributed by atoms with Gasteiger partial charge >= 0.3 is 0 Å². The number of aryl methyl sites for hydroxylation is 1. The van der Waals surface area contributed by atoms with Crippen LogP contribution in [0, 0.1) is 6.92 Å². The summed E-state index contributed by atoms with van der Waals surface area (Å²) in [5.74, 6) is 2.41. The lowest BCUT2D eigenvalue weighted by molar-refractivity contribution is 0.391. The maximum absolute atomic E-state index is 5.23. The number of hydrogen-bond donors (Lipinski definition) is 0. The molecule has 0 aliphatic carbocycles. The molecule has 2 aromatic rings. The smallest absolute Gasteiger partial charge is 0.223 e. The minimum Gasteiger partial charge on any atom is -0.497 e. The van der Waals surface area contributed by atoms with Gasteiger partial charge in [0.1, 0.15) is 11.5 Å². The number of benzene rings is 1. The molecule has 5 nitrogen and oxygen atoms in total. The molecular weight excluding hydrogens is 208 g/mol. The molecule has 0 atom stereocenters. The van der Waals surface area contributed by atoms with Crippen LogP contribution in [0.15, 0.2) is 22.7 Å². The lowest BCUT2D eigenvalue weighted by atomic mass is 10.2. The van der Waals surface area contributed by atoms with Crippen LogP contribution < -0.4 is 9.47 Å². The first kappa shape index (κ1) is 10.5. The predicted molar refractivity (Wildman–Crippen MR) is 57.6 cm³/mol. The minimum atomic E-state index is 0.494. The number of hydrogen-bond acceptors (Lipinski definition) is 5. The van der Waals surface area contributed by atoms with Gasteiger partial charge in [-0.1, -0.05) is 5.16 Å². The van der Waals surface area contributed by atoms with E-state index in [0.29, 0.717) is 17.5 Å². The van der Waals surface area contributed by atoms with E-state index in [4.69, 9.17) is 14.0 Å². The van der Waals surface area contributed by atoms with Crippen molar-refractivity contribution in [1.29, 1.82) is 0 Å². The van der Waals surface area contributed by atoms with E-state index in [2.05, 4.69) is 10.1 Å². The van der Waals surface area contributed by atoms with E-state index in [1.54, 1.807) is 27.2 Å². The highest BCUT2D eigenvalue weighted by molar-refractivity contribution is 5.65. The summed E-state index contributed by atoms with van der Waals surface area (Å²) >= 11 is 0. The second-order valence-electron chi connectivity index (χ2n) is 3.20. The Labute approximate surface area is 93.0 Å². The number of nitrogens with zero attached hydrogens (tertiary/aromatic N) is 2. The summed E-state index contributed by atoms with van der Waals surface area (Å²) in [5.41, 5.74) is 0.749. The van der Waals surface area contributed by atoms with Crippen molar-refractivity contribution in [2.24, 2.45) is 0 Å². The molecule has 0 aliphatic heterocycles. The highest BCUT2D eigenvalue weighted by Gasteiger charge is 2.12. The van der Waals surface area contributed by atoms with Gasteiger partial charge in [0, 0.05) is 6.92 Å². The van der Waals surface area contributed by atoms with Gasteiger partial charge in [0.2, 0.25) is 11.7 Å². The van der Waals surface area contributed by atoms with Crippen LogP contribution in [0.25, 0.3) is 11.4 Å². The molecule has 0 amide bonds. The van der Waals surface area contributed by atoms with Crippen molar-refractivity contribution in [2.45, 2.75) is 6.92 Å². The van der Waals surface area contributed by atoms with E-state index in [0.717, 1.165) is 11.3 Å². The molecule has 1 heterocycles. The van der Waals surface area contributed by atoms with Gasteiger partial charge in [0.25, 0.3) is 0 Å². The van der Waals surface area contributed by atoms with Crippen molar-refractivity contribution in [2.75, 3.05) is 14.2 Å². The Hall–Kier alpha value is -2.04. The average molecular weight is 220 g/mol. The first-order valence-corrected chi connectivity index (χ1v) is 4.77. The van der Waals surface area contributed by atoms with E-state index < -0.39 is 0 Å². The van der Waals surface area contributed by atoms with Crippen molar-refractivity contribution < 1.29 is 14.0 Å². The van der Waals surface area contributed by atoms with Crippen LogP contribution in [0.3, 0.4) is 0 Å². The molecule has 0 radical (unpaired) electrons. The van der Waals surface area contributed by atoms with Crippen LogP contribution >= 0.6 is 0 Å². The fraction of sp³-hybridized carbons (Fsp3) is 0.273.